The van der Waals surface area contributed by atoms with Crippen molar-refractivity contribution in [3.05, 3.63) is 167 Å². The van der Waals surface area contributed by atoms with Crippen LogP contribution in [0.5, 0.6) is 5.75 Å². The van der Waals surface area contributed by atoms with E-state index in [-0.39, 0.29) is 34.3 Å². The van der Waals surface area contributed by atoms with E-state index in [0.717, 1.165) is 39.1 Å². The molecule has 8 aromatic rings. The zero-order valence-electron chi connectivity index (χ0n) is 54.2. The van der Waals surface area contributed by atoms with Gasteiger partial charge in [-0.2, -0.15) is 0 Å². The number of aromatic nitrogens is 3. The van der Waals surface area contributed by atoms with Crippen molar-refractivity contribution in [2.24, 2.45) is 0 Å². The molecule has 0 saturated carbocycles. The molecule has 8 rings (SSSR count). The molecule has 4 nitrogen and oxygen atoms in total. The number of pyridine rings is 1. The topological polar surface area (TPSA) is 50.9 Å². The zero-order chi connectivity index (χ0) is 59.5. The maximum absolute atomic E-state index is 12.4. The van der Waals surface area contributed by atoms with Crippen LogP contribution in [0.1, 0.15) is 151 Å². The standard InChI is InChI=1S/C60H65N3O/c1-37(2)42-33-49(38(3)4)56(64)51(34-42)57-62-55-48(20-17-21-54(55)63(57)53-27-26-46(59(8,9)10)36-50(53)40-18-15-14-16-19-40)43-30-44(32-47(31-43)60(11,12)13)52-35-41(28-29-61-52)39-22-24-45(25-23-39)58(5,6)7/h14-38,64H,1-13H3/i5D3,6D3,7D3,22D,23D,24D,25D,28D,29D,35D. The van der Waals surface area contributed by atoms with E-state index in [0.29, 0.717) is 33.5 Å². The van der Waals surface area contributed by atoms with Gasteiger partial charge in [-0.1, -0.05) is 175 Å². The van der Waals surface area contributed by atoms with E-state index < -0.39 is 90.5 Å². The summed E-state index contributed by atoms with van der Waals surface area (Å²) in [7, 11) is 0. The highest BCUT2D eigenvalue weighted by molar-refractivity contribution is 5.98. The number of nitrogens with zero attached hydrogens (tertiary/aromatic N) is 3. The van der Waals surface area contributed by atoms with Crippen LogP contribution in [0, 0.1) is 0 Å². The van der Waals surface area contributed by atoms with Crippen LogP contribution in [0.3, 0.4) is 0 Å². The molecule has 64 heavy (non-hydrogen) atoms. The Kier molecular flexibility index (Phi) is 7.44. The second-order valence-electron chi connectivity index (χ2n) is 19.4. The summed E-state index contributed by atoms with van der Waals surface area (Å²) in [6, 6.07) is 25.6. The van der Waals surface area contributed by atoms with Gasteiger partial charge in [-0.25, -0.2) is 4.98 Å². The molecule has 0 bridgehead atoms. The molecule has 2 aromatic heterocycles. The van der Waals surface area contributed by atoms with Crippen molar-refractivity contribution in [1.29, 1.82) is 0 Å². The van der Waals surface area contributed by atoms with Gasteiger partial charge >= 0.3 is 0 Å². The summed E-state index contributed by atoms with van der Waals surface area (Å²) in [5.74, 6) is 0.636. The predicted molar refractivity (Wildman–Crippen MR) is 272 cm³/mol. The lowest BCUT2D eigenvalue weighted by Crippen LogP contribution is -2.12. The third-order valence-corrected chi connectivity index (χ3v) is 11.8. The first-order valence-corrected chi connectivity index (χ1v) is 21.7. The molecule has 0 spiro atoms. The predicted octanol–water partition coefficient (Wildman–Crippen LogP) is 16.6. The molecule has 6 aromatic carbocycles. The Morgan fingerprint density at radius 3 is 1.94 bits per heavy atom. The monoisotopic (exact) mass is 860 g/mol. The van der Waals surface area contributed by atoms with E-state index in [2.05, 4.69) is 74.5 Å². The molecule has 0 radical (unpaired) electrons. The molecule has 0 amide bonds. The maximum Gasteiger partial charge on any atom is 0.149 e. The van der Waals surface area contributed by atoms with E-state index >= 15 is 0 Å². The van der Waals surface area contributed by atoms with Crippen LogP contribution in [-0.2, 0) is 16.2 Å². The third-order valence-electron chi connectivity index (χ3n) is 11.8. The average Bonchev–Trinajstić information content (AvgIpc) is 3.74. The van der Waals surface area contributed by atoms with Gasteiger partial charge in [0.05, 0.1) is 37.6 Å². The lowest BCUT2D eigenvalue weighted by molar-refractivity contribution is 0.466. The Bertz CT molecular complexity index is 3680. The summed E-state index contributed by atoms with van der Waals surface area (Å²) in [5, 5.41) is 12.4. The van der Waals surface area contributed by atoms with Crippen LogP contribution in [0.25, 0.3) is 72.7 Å². The van der Waals surface area contributed by atoms with Gasteiger partial charge < -0.3 is 5.11 Å². The van der Waals surface area contributed by atoms with Crippen LogP contribution >= 0.6 is 0 Å². The maximum atomic E-state index is 12.4. The fourth-order valence-corrected chi connectivity index (χ4v) is 7.98. The summed E-state index contributed by atoms with van der Waals surface area (Å²) in [6.07, 6.45) is -0.724. The molecule has 0 fully saturated rings. The fraction of sp³-hybridized carbons (Fsp3) is 0.300. The van der Waals surface area contributed by atoms with E-state index in [1.165, 1.54) is 0 Å². The number of phenols is 1. The smallest absolute Gasteiger partial charge is 0.149 e. The normalized spacial score (nSPS) is 16.7. The lowest BCUT2D eigenvalue weighted by atomic mass is 9.83. The number of hydrogen-bond acceptors (Lipinski definition) is 3. The number of benzene rings is 6. The SMILES string of the molecule is [2H]c1nc(-c2cc(-c3cccc4c3nc(-c3cc(C(C)C)cc(C(C)C)c3O)n4-c3ccc(C(C)(C)C)cc3-c3ccccc3)cc(C(C)(C)C)c2)c([2H])c(-c2c([2H])c([2H])c(C(C([2H])([2H])[2H])(C([2H])([2H])[2H])C([2H])([2H])[2H])c([2H])c2[2H])c1[2H]. The molecule has 0 aliphatic heterocycles. The third kappa shape index (κ3) is 8.68. The van der Waals surface area contributed by atoms with Crippen molar-refractivity contribution < 1.29 is 27.0 Å². The van der Waals surface area contributed by atoms with Crippen LogP contribution in [0.4, 0.5) is 0 Å². The fourth-order valence-electron chi connectivity index (χ4n) is 7.98. The van der Waals surface area contributed by atoms with Gasteiger partial charge in [-0.15, -0.1) is 0 Å². The number of fused-ring (bicyclic) bond motifs is 1. The second kappa shape index (κ2) is 16.7. The van der Waals surface area contributed by atoms with Gasteiger partial charge in [0.15, 0.2) is 0 Å². The Labute approximate surface area is 404 Å². The number of rotatable bonds is 8. The number of aromatic hydroxyl groups is 1. The van der Waals surface area contributed by atoms with E-state index in [1.807, 2.05) is 89.2 Å². The number of hydrogen-bond donors (Lipinski definition) is 1. The largest absolute Gasteiger partial charge is 0.507 e. The zero-order valence-corrected chi connectivity index (χ0v) is 38.2. The van der Waals surface area contributed by atoms with Gasteiger partial charge in [0.2, 0.25) is 0 Å². The van der Waals surface area contributed by atoms with Crippen LogP contribution in [0.15, 0.2) is 139 Å². The average molecular weight is 860 g/mol. The Morgan fingerprint density at radius 1 is 0.578 bits per heavy atom. The molecule has 0 unspecified atom stereocenters. The molecular weight excluding hydrogens is 779 g/mol. The Balaban J connectivity index is 1.46. The first kappa shape index (κ1) is 28.5. The van der Waals surface area contributed by atoms with E-state index in [9.17, 15) is 9.22 Å². The summed E-state index contributed by atoms with van der Waals surface area (Å²) >= 11 is 0. The molecule has 0 saturated heterocycles. The van der Waals surface area contributed by atoms with Crippen molar-refractivity contribution in [2.45, 2.75) is 118 Å². The van der Waals surface area contributed by atoms with Crippen molar-refractivity contribution in [1.82, 2.24) is 14.5 Å². The minimum absolute atomic E-state index is 0.0404. The number of phenolic OH excluding ortho intramolecular Hbond substituents is 1. The molecular formula is C60H65N3O. The van der Waals surface area contributed by atoms with Crippen molar-refractivity contribution in [2.75, 3.05) is 0 Å². The molecule has 0 aliphatic carbocycles. The number of imidazole rings is 1. The van der Waals surface area contributed by atoms with E-state index in [1.54, 1.807) is 12.1 Å². The first-order chi connectivity index (χ1) is 36.9. The van der Waals surface area contributed by atoms with Crippen LogP contribution in [0.2, 0.25) is 0 Å². The quantitative estimate of drug-likeness (QED) is 0.166. The Hall–Kier alpha value is -6.26. The molecule has 326 valence electrons. The van der Waals surface area contributed by atoms with Crippen molar-refractivity contribution in [3.8, 4) is 67.5 Å². The molecule has 4 heteroatoms. The highest BCUT2D eigenvalue weighted by Gasteiger charge is 2.27. The summed E-state index contributed by atoms with van der Waals surface area (Å²) < 4.78 is 141. The van der Waals surface area contributed by atoms with Gasteiger partial charge in [0.1, 0.15) is 11.6 Å². The molecule has 0 atom stereocenters. The van der Waals surface area contributed by atoms with E-state index in [4.69, 9.17) is 22.8 Å². The first-order valence-electron chi connectivity index (χ1n) is 29.7. The molecule has 2 heterocycles. The molecule has 0 aliphatic rings. The highest BCUT2D eigenvalue weighted by Crippen LogP contribution is 2.45. The van der Waals surface area contributed by atoms with Gasteiger partial charge in [-0.05, 0) is 127 Å². The highest BCUT2D eigenvalue weighted by atomic mass is 16.3. The van der Waals surface area contributed by atoms with Crippen molar-refractivity contribution in [3.63, 3.8) is 0 Å². The summed E-state index contributed by atoms with van der Waals surface area (Å²) in [4.78, 5) is 9.94. The van der Waals surface area contributed by atoms with Crippen LogP contribution in [-0.4, -0.2) is 19.6 Å². The van der Waals surface area contributed by atoms with Gasteiger partial charge in [0.25, 0.3) is 0 Å². The lowest BCUT2D eigenvalue weighted by Gasteiger charge is -2.23. The minimum atomic E-state index is -3.92. The van der Waals surface area contributed by atoms with Gasteiger partial charge in [-0.3, -0.25) is 9.55 Å². The molecule has 1 N–H and O–H groups in total. The Morgan fingerprint density at radius 2 is 1.28 bits per heavy atom. The van der Waals surface area contributed by atoms with Crippen LogP contribution < -0.4 is 0 Å². The minimum Gasteiger partial charge on any atom is -0.507 e. The van der Waals surface area contributed by atoms with Crippen molar-refractivity contribution >= 4 is 11.0 Å². The number of para-hydroxylation sites is 1. The summed E-state index contributed by atoms with van der Waals surface area (Å²) in [6.45, 7) is 8.96. The second-order valence-corrected chi connectivity index (χ2v) is 19.4. The summed E-state index contributed by atoms with van der Waals surface area (Å²) in [5.41, 5.74) is 1.96. The van der Waals surface area contributed by atoms with Gasteiger partial charge in [0, 0.05) is 35.2 Å².